The molecule has 0 saturated carbocycles. The van der Waals surface area contributed by atoms with Gasteiger partial charge in [0.2, 0.25) is 5.69 Å². The van der Waals surface area contributed by atoms with Crippen LogP contribution in [0.15, 0.2) is 35.4 Å². The first-order chi connectivity index (χ1) is 7.70. The Kier molecular flexibility index (Phi) is 2.48. The lowest BCUT2D eigenvalue weighted by Gasteiger charge is -2.03. The van der Waals surface area contributed by atoms with Gasteiger partial charge in [0.1, 0.15) is 12.4 Å². The van der Waals surface area contributed by atoms with E-state index in [9.17, 15) is 4.79 Å². The van der Waals surface area contributed by atoms with Gasteiger partial charge in [0.25, 0.3) is 0 Å². The highest BCUT2D eigenvalue weighted by molar-refractivity contribution is 5.33. The fourth-order valence-electron chi connectivity index (χ4n) is 1.24. The highest BCUT2D eigenvalue weighted by atomic mass is 16.1. The van der Waals surface area contributed by atoms with E-state index in [-0.39, 0.29) is 5.69 Å². The van der Waals surface area contributed by atoms with Gasteiger partial charge in [0.15, 0.2) is 0 Å². The van der Waals surface area contributed by atoms with Gasteiger partial charge >= 0.3 is 5.56 Å². The summed E-state index contributed by atoms with van der Waals surface area (Å²) in [6.07, 6.45) is 1.30. The minimum absolute atomic E-state index is 0.205. The highest BCUT2D eigenvalue weighted by Gasteiger charge is 2.03. The SMILES string of the molecule is Cc1ccc(-n2cnc(=O)c(C#N)n2)cc1. The van der Waals surface area contributed by atoms with Crippen LogP contribution in [0.1, 0.15) is 11.3 Å². The van der Waals surface area contributed by atoms with Crippen molar-refractivity contribution in [3.8, 4) is 11.8 Å². The lowest BCUT2D eigenvalue weighted by Crippen LogP contribution is -2.17. The van der Waals surface area contributed by atoms with Crippen molar-refractivity contribution >= 4 is 0 Å². The molecule has 0 N–H and O–H groups in total. The van der Waals surface area contributed by atoms with Crippen molar-refractivity contribution < 1.29 is 0 Å². The summed E-state index contributed by atoms with van der Waals surface area (Å²) in [5, 5.41) is 12.5. The summed E-state index contributed by atoms with van der Waals surface area (Å²) in [7, 11) is 0. The van der Waals surface area contributed by atoms with Crippen molar-refractivity contribution in [3.05, 3.63) is 52.2 Å². The van der Waals surface area contributed by atoms with Gasteiger partial charge in [-0.2, -0.15) is 10.2 Å². The number of hydrogen-bond donors (Lipinski definition) is 0. The second kappa shape index (κ2) is 3.95. The first-order valence-electron chi connectivity index (χ1n) is 4.64. The van der Waals surface area contributed by atoms with Gasteiger partial charge < -0.3 is 0 Å². The molecule has 0 aliphatic carbocycles. The average molecular weight is 212 g/mol. The van der Waals surface area contributed by atoms with Crippen molar-refractivity contribution in [2.45, 2.75) is 6.92 Å². The van der Waals surface area contributed by atoms with Gasteiger partial charge in [-0.3, -0.25) is 4.79 Å². The van der Waals surface area contributed by atoms with E-state index in [0.29, 0.717) is 0 Å². The van der Waals surface area contributed by atoms with Crippen molar-refractivity contribution in [1.29, 1.82) is 5.26 Å². The zero-order chi connectivity index (χ0) is 11.5. The Balaban J connectivity index is 2.53. The van der Waals surface area contributed by atoms with Crippen molar-refractivity contribution in [2.24, 2.45) is 0 Å². The van der Waals surface area contributed by atoms with Crippen molar-refractivity contribution in [2.75, 3.05) is 0 Å². The molecule has 2 rings (SSSR count). The molecule has 0 saturated heterocycles. The number of aryl methyl sites for hydroxylation is 1. The van der Waals surface area contributed by atoms with Crippen LogP contribution in [0.4, 0.5) is 0 Å². The van der Waals surface area contributed by atoms with E-state index < -0.39 is 5.56 Å². The number of hydrogen-bond acceptors (Lipinski definition) is 4. The predicted octanol–water partition coefficient (Wildman–Crippen LogP) is 0.808. The topological polar surface area (TPSA) is 71.6 Å². The van der Waals surface area contributed by atoms with Crippen molar-refractivity contribution in [3.63, 3.8) is 0 Å². The molecule has 78 valence electrons. The van der Waals surface area contributed by atoms with E-state index in [1.807, 2.05) is 31.2 Å². The van der Waals surface area contributed by atoms with Gasteiger partial charge in [-0.1, -0.05) is 17.7 Å². The molecule has 0 radical (unpaired) electrons. The van der Waals surface area contributed by atoms with Gasteiger partial charge in [-0.05, 0) is 19.1 Å². The second-order valence-corrected chi connectivity index (χ2v) is 3.29. The highest BCUT2D eigenvalue weighted by Crippen LogP contribution is 2.06. The maximum Gasteiger partial charge on any atom is 0.309 e. The van der Waals surface area contributed by atoms with Gasteiger partial charge in [0, 0.05) is 0 Å². The third-order valence-electron chi connectivity index (χ3n) is 2.10. The molecule has 0 unspecified atom stereocenters. The average Bonchev–Trinajstić information content (AvgIpc) is 2.31. The first kappa shape index (κ1) is 10.1. The number of benzene rings is 1. The van der Waals surface area contributed by atoms with Crippen LogP contribution in [-0.4, -0.2) is 14.8 Å². The van der Waals surface area contributed by atoms with Crippen LogP contribution in [0.3, 0.4) is 0 Å². The Morgan fingerprint density at radius 1 is 1.31 bits per heavy atom. The minimum atomic E-state index is -0.606. The van der Waals surface area contributed by atoms with Crippen molar-refractivity contribution in [1.82, 2.24) is 14.8 Å². The van der Waals surface area contributed by atoms with E-state index in [4.69, 9.17) is 5.26 Å². The number of nitrogens with zero attached hydrogens (tertiary/aromatic N) is 4. The number of aromatic nitrogens is 3. The fraction of sp³-hybridized carbons (Fsp3) is 0.0909. The number of rotatable bonds is 1. The maximum absolute atomic E-state index is 11.1. The quantitative estimate of drug-likeness (QED) is 0.701. The fourth-order valence-corrected chi connectivity index (χ4v) is 1.24. The van der Waals surface area contributed by atoms with Crippen LogP contribution < -0.4 is 5.56 Å². The molecule has 1 aromatic heterocycles. The van der Waals surface area contributed by atoms with Crippen LogP contribution in [-0.2, 0) is 0 Å². The third kappa shape index (κ3) is 1.81. The first-order valence-corrected chi connectivity index (χ1v) is 4.64. The molecule has 1 heterocycles. The Morgan fingerprint density at radius 2 is 2.00 bits per heavy atom. The van der Waals surface area contributed by atoms with E-state index in [2.05, 4.69) is 10.1 Å². The summed E-state index contributed by atoms with van der Waals surface area (Å²) in [6.45, 7) is 1.97. The predicted molar refractivity (Wildman–Crippen MR) is 57.1 cm³/mol. The van der Waals surface area contributed by atoms with Crippen LogP contribution in [0.5, 0.6) is 0 Å². The smallest absolute Gasteiger partial charge is 0.264 e. The molecule has 0 amide bonds. The lowest BCUT2D eigenvalue weighted by atomic mass is 10.2. The lowest BCUT2D eigenvalue weighted by molar-refractivity contribution is 0.782. The summed E-state index contributed by atoms with van der Waals surface area (Å²) in [5.41, 5.74) is 1.07. The molecule has 2 aromatic rings. The summed E-state index contributed by atoms with van der Waals surface area (Å²) < 4.78 is 1.40. The summed E-state index contributed by atoms with van der Waals surface area (Å²) in [4.78, 5) is 14.6. The van der Waals surface area contributed by atoms with E-state index in [1.165, 1.54) is 11.0 Å². The Labute approximate surface area is 91.6 Å². The molecule has 0 bridgehead atoms. The maximum atomic E-state index is 11.1. The van der Waals surface area contributed by atoms with Gasteiger partial charge in [0.05, 0.1) is 5.69 Å². The molecule has 0 aliphatic rings. The Hall–Kier alpha value is -2.48. The Morgan fingerprint density at radius 3 is 2.62 bits per heavy atom. The standard InChI is InChI=1S/C11H8N4O/c1-8-2-4-9(5-3-8)15-7-13-11(16)10(6-12)14-15/h2-5,7H,1H3. The molecule has 5 nitrogen and oxygen atoms in total. The molecule has 5 heteroatoms. The number of nitriles is 1. The molecular formula is C11H8N4O. The van der Waals surface area contributed by atoms with Gasteiger partial charge in [-0.15, -0.1) is 5.10 Å². The molecule has 0 atom stereocenters. The molecule has 16 heavy (non-hydrogen) atoms. The van der Waals surface area contributed by atoms with E-state index in [0.717, 1.165) is 11.3 Å². The second-order valence-electron chi connectivity index (χ2n) is 3.29. The summed E-state index contributed by atoms with van der Waals surface area (Å²) in [5.74, 6) is 0. The van der Waals surface area contributed by atoms with Crippen LogP contribution in [0.25, 0.3) is 5.69 Å². The largest absolute Gasteiger partial charge is 0.309 e. The third-order valence-corrected chi connectivity index (χ3v) is 2.10. The molecule has 0 fully saturated rings. The van der Waals surface area contributed by atoms with Crippen LogP contribution in [0, 0.1) is 18.3 Å². The molecular weight excluding hydrogens is 204 g/mol. The zero-order valence-corrected chi connectivity index (χ0v) is 8.58. The Bertz CT molecular complexity index is 607. The minimum Gasteiger partial charge on any atom is -0.264 e. The molecule has 1 aromatic carbocycles. The van der Waals surface area contributed by atoms with Crippen LogP contribution in [0.2, 0.25) is 0 Å². The normalized spacial score (nSPS) is 9.75. The molecule has 0 spiro atoms. The monoisotopic (exact) mass is 212 g/mol. The summed E-state index contributed by atoms with van der Waals surface area (Å²) in [6, 6.07) is 9.23. The molecule has 0 aliphatic heterocycles. The van der Waals surface area contributed by atoms with Crippen LogP contribution >= 0.6 is 0 Å². The zero-order valence-electron chi connectivity index (χ0n) is 8.58. The van der Waals surface area contributed by atoms with E-state index in [1.54, 1.807) is 6.07 Å². The van der Waals surface area contributed by atoms with E-state index >= 15 is 0 Å². The van der Waals surface area contributed by atoms with Gasteiger partial charge in [-0.25, -0.2) is 4.68 Å². The summed E-state index contributed by atoms with van der Waals surface area (Å²) >= 11 is 0.